The van der Waals surface area contributed by atoms with Crippen molar-refractivity contribution in [1.82, 2.24) is 0 Å². The average molecular weight is 181 g/mol. The van der Waals surface area contributed by atoms with Crippen molar-refractivity contribution in [3.05, 3.63) is 5.92 Å². The van der Waals surface area contributed by atoms with E-state index >= 15 is 0 Å². The molecule has 0 aromatic heterocycles. The number of Topliss-reactive ketones (excluding diaryl/α,β-unsaturated/α-hetero) is 1. The summed E-state index contributed by atoms with van der Waals surface area (Å²) in [7, 11) is 0. The molecule has 0 spiro atoms. The fraction of sp³-hybridized carbons (Fsp3) is 0.833. The van der Waals surface area contributed by atoms with Gasteiger partial charge < -0.3 is 0 Å². The van der Waals surface area contributed by atoms with Gasteiger partial charge in [0.25, 0.3) is 0 Å². The highest BCUT2D eigenvalue weighted by Gasteiger charge is 2.17. The van der Waals surface area contributed by atoms with Crippen LogP contribution in [0.2, 0.25) is 0 Å². The van der Waals surface area contributed by atoms with Gasteiger partial charge in [0.15, 0.2) is 0 Å². The van der Waals surface area contributed by atoms with Gasteiger partial charge in [0.1, 0.15) is 5.78 Å². The number of ketones is 1. The maximum atomic E-state index is 11.3. The first kappa shape index (κ1) is 10.7. The van der Waals surface area contributed by atoms with Crippen molar-refractivity contribution in [2.75, 3.05) is 0 Å². The smallest absolute Gasteiger partial charge is 0.133 e. The number of carbonyl (C=O) groups is 1. The number of hydrogen-bond acceptors (Lipinski definition) is 1. The molecule has 1 saturated carbocycles. The third-order valence-electron chi connectivity index (χ3n) is 2.82. The Balaban J connectivity index is 2.19. The van der Waals surface area contributed by atoms with Gasteiger partial charge in [0, 0.05) is 12.8 Å². The lowest BCUT2D eigenvalue weighted by Crippen LogP contribution is -2.02. The summed E-state index contributed by atoms with van der Waals surface area (Å²) in [6, 6.07) is 0. The standard InChI is InChI=1S/C12H21O/c1-2-3-4-7-11-8-5-6-9-12(13)10-11/h2-10H2,1H3. The van der Waals surface area contributed by atoms with E-state index in [9.17, 15) is 4.79 Å². The van der Waals surface area contributed by atoms with E-state index in [1.807, 2.05) is 0 Å². The molecule has 1 heteroatoms. The highest BCUT2D eigenvalue weighted by atomic mass is 16.1. The number of hydrogen-bond donors (Lipinski definition) is 0. The molecule has 0 aromatic carbocycles. The van der Waals surface area contributed by atoms with E-state index in [-0.39, 0.29) is 0 Å². The van der Waals surface area contributed by atoms with Crippen molar-refractivity contribution in [3.8, 4) is 0 Å². The molecule has 0 aromatic rings. The molecule has 0 unspecified atom stereocenters. The van der Waals surface area contributed by atoms with E-state index in [1.54, 1.807) is 0 Å². The Hall–Kier alpha value is -0.330. The van der Waals surface area contributed by atoms with E-state index in [0.717, 1.165) is 19.3 Å². The van der Waals surface area contributed by atoms with Crippen LogP contribution in [0.25, 0.3) is 0 Å². The predicted octanol–water partition coefficient (Wildman–Crippen LogP) is 3.67. The molecule has 13 heavy (non-hydrogen) atoms. The van der Waals surface area contributed by atoms with Crippen LogP contribution in [0.3, 0.4) is 0 Å². The normalized spacial score (nSPS) is 20.2. The van der Waals surface area contributed by atoms with Crippen LogP contribution >= 0.6 is 0 Å². The van der Waals surface area contributed by atoms with Gasteiger partial charge in [0.2, 0.25) is 0 Å². The Kier molecular flexibility index (Phi) is 5.10. The second kappa shape index (κ2) is 6.17. The fourth-order valence-corrected chi connectivity index (χ4v) is 1.99. The predicted molar refractivity (Wildman–Crippen MR) is 55.5 cm³/mol. The zero-order chi connectivity index (χ0) is 9.52. The highest BCUT2D eigenvalue weighted by molar-refractivity contribution is 5.80. The molecule has 0 bridgehead atoms. The van der Waals surface area contributed by atoms with Gasteiger partial charge in [-0.15, -0.1) is 0 Å². The maximum Gasteiger partial charge on any atom is 0.133 e. The summed E-state index contributed by atoms with van der Waals surface area (Å²) in [5.74, 6) is 2.00. The van der Waals surface area contributed by atoms with Gasteiger partial charge in [-0.3, -0.25) is 4.79 Å². The van der Waals surface area contributed by atoms with Crippen LogP contribution in [0.4, 0.5) is 0 Å². The lowest BCUT2D eigenvalue weighted by atomic mass is 9.93. The molecule has 0 atom stereocenters. The van der Waals surface area contributed by atoms with Crippen LogP contribution < -0.4 is 0 Å². The quantitative estimate of drug-likeness (QED) is 0.477. The van der Waals surface area contributed by atoms with Crippen LogP contribution in [0.1, 0.15) is 64.7 Å². The molecule has 1 aliphatic rings. The second-order valence-corrected chi connectivity index (χ2v) is 4.13. The summed E-state index contributed by atoms with van der Waals surface area (Å²) in [6.07, 6.45) is 10.3. The lowest BCUT2D eigenvalue weighted by molar-refractivity contribution is -0.118. The van der Waals surface area contributed by atoms with Crippen molar-refractivity contribution in [2.24, 2.45) is 0 Å². The minimum Gasteiger partial charge on any atom is -0.300 e. The van der Waals surface area contributed by atoms with Crippen LogP contribution in [0, 0.1) is 5.92 Å². The van der Waals surface area contributed by atoms with Crippen LogP contribution in [-0.2, 0) is 4.79 Å². The molecule has 75 valence electrons. The summed E-state index contributed by atoms with van der Waals surface area (Å²) < 4.78 is 0. The van der Waals surface area contributed by atoms with Crippen molar-refractivity contribution in [3.63, 3.8) is 0 Å². The summed E-state index contributed by atoms with van der Waals surface area (Å²) in [6.45, 7) is 2.23. The Labute approximate surface area is 81.9 Å². The molecule has 0 aliphatic heterocycles. The molecular weight excluding hydrogens is 160 g/mol. The minimum atomic E-state index is 0.476. The van der Waals surface area contributed by atoms with Crippen molar-refractivity contribution >= 4 is 5.78 Å². The van der Waals surface area contributed by atoms with Crippen LogP contribution in [0.5, 0.6) is 0 Å². The van der Waals surface area contributed by atoms with Crippen LogP contribution in [0.15, 0.2) is 0 Å². The van der Waals surface area contributed by atoms with E-state index < -0.39 is 0 Å². The van der Waals surface area contributed by atoms with E-state index in [1.165, 1.54) is 44.4 Å². The van der Waals surface area contributed by atoms with E-state index in [4.69, 9.17) is 0 Å². The van der Waals surface area contributed by atoms with Crippen molar-refractivity contribution in [2.45, 2.75) is 64.7 Å². The molecule has 1 rings (SSSR count). The van der Waals surface area contributed by atoms with Gasteiger partial charge in [0.05, 0.1) is 0 Å². The SMILES string of the molecule is CCCCC[C]1CCCCC(=O)C1. The third-order valence-corrected chi connectivity index (χ3v) is 2.82. The van der Waals surface area contributed by atoms with Gasteiger partial charge in [-0.2, -0.15) is 0 Å². The van der Waals surface area contributed by atoms with Gasteiger partial charge in [-0.1, -0.05) is 32.6 Å². The molecule has 0 heterocycles. The summed E-state index contributed by atoms with van der Waals surface area (Å²) in [5.41, 5.74) is 0. The first-order chi connectivity index (χ1) is 6.33. The maximum absolute atomic E-state index is 11.3. The second-order valence-electron chi connectivity index (χ2n) is 4.13. The van der Waals surface area contributed by atoms with Gasteiger partial charge >= 0.3 is 0 Å². The summed E-state index contributed by atoms with van der Waals surface area (Å²) >= 11 is 0. The Morgan fingerprint density at radius 3 is 2.69 bits per heavy atom. The number of unbranched alkanes of at least 4 members (excludes halogenated alkanes) is 2. The molecule has 0 amide bonds. The molecule has 1 fully saturated rings. The fourth-order valence-electron chi connectivity index (χ4n) is 1.99. The van der Waals surface area contributed by atoms with Gasteiger partial charge in [-0.05, 0) is 25.2 Å². The summed E-state index contributed by atoms with van der Waals surface area (Å²) in [4.78, 5) is 11.3. The number of carbonyl (C=O) groups excluding carboxylic acids is 1. The monoisotopic (exact) mass is 181 g/mol. The molecular formula is C12H21O. The largest absolute Gasteiger partial charge is 0.300 e. The Morgan fingerprint density at radius 1 is 1.15 bits per heavy atom. The van der Waals surface area contributed by atoms with E-state index in [2.05, 4.69) is 6.92 Å². The zero-order valence-electron chi connectivity index (χ0n) is 8.77. The Bertz CT molecular complexity index is 151. The lowest BCUT2D eigenvalue weighted by Gasteiger charge is -2.11. The molecule has 0 saturated heterocycles. The average Bonchev–Trinajstić information content (AvgIpc) is 2.31. The molecule has 0 N–H and O–H groups in total. The van der Waals surface area contributed by atoms with Gasteiger partial charge in [-0.25, -0.2) is 0 Å². The highest BCUT2D eigenvalue weighted by Crippen LogP contribution is 2.27. The number of rotatable bonds is 4. The summed E-state index contributed by atoms with van der Waals surface area (Å²) in [5, 5.41) is 0. The molecule has 1 aliphatic carbocycles. The first-order valence-electron chi connectivity index (χ1n) is 5.68. The first-order valence-corrected chi connectivity index (χ1v) is 5.68. The van der Waals surface area contributed by atoms with Crippen molar-refractivity contribution in [1.29, 1.82) is 0 Å². The van der Waals surface area contributed by atoms with Crippen molar-refractivity contribution < 1.29 is 4.79 Å². The van der Waals surface area contributed by atoms with E-state index in [0.29, 0.717) is 5.78 Å². The minimum absolute atomic E-state index is 0.476. The molecule has 1 radical (unpaired) electrons. The third kappa shape index (κ3) is 4.44. The Morgan fingerprint density at radius 2 is 1.92 bits per heavy atom. The zero-order valence-corrected chi connectivity index (χ0v) is 8.77. The van der Waals surface area contributed by atoms with Crippen LogP contribution in [-0.4, -0.2) is 5.78 Å². The topological polar surface area (TPSA) is 17.1 Å². The molecule has 1 nitrogen and oxygen atoms in total.